The van der Waals surface area contributed by atoms with Crippen LogP contribution < -0.4 is 0 Å². The highest BCUT2D eigenvalue weighted by molar-refractivity contribution is 6.20. The van der Waals surface area contributed by atoms with Crippen LogP contribution in [0.5, 0.6) is 0 Å². The Kier molecular flexibility index (Phi) is 20.4. The van der Waals surface area contributed by atoms with Crippen LogP contribution in [0.1, 0.15) is 0 Å². The summed E-state index contributed by atoms with van der Waals surface area (Å²) in [6.45, 7) is 0. The molecule has 0 unspecified atom stereocenters. The highest BCUT2D eigenvalue weighted by Crippen LogP contribution is 2.45. The van der Waals surface area contributed by atoms with Gasteiger partial charge in [0.2, 0.25) is 0 Å². The zero-order chi connectivity index (χ0) is 88.8. The second kappa shape index (κ2) is 34.5. The van der Waals surface area contributed by atoms with Gasteiger partial charge in [0, 0.05) is 50.1 Å². The molecule has 23 aromatic carbocycles. The molecule has 0 aliphatic heterocycles. The highest BCUT2D eigenvalue weighted by atomic mass is 15.1. The lowest BCUT2D eigenvalue weighted by atomic mass is 9.89. The topological polar surface area (TPSA) is 116 Å². The fourth-order valence-corrected chi connectivity index (χ4v) is 19.2. The van der Waals surface area contributed by atoms with Gasteiger partial charge in [0.25, 0.3) is 0 Å². The van der Waals surface area contributed by atoms with E-state index in [-0.39, 0.29) is 0 Å². The second-order valence-electron chi connectivity index (χ2n) is 33.8. The fraction of sp³-hybridized carbons (Fsp3) is 0. The largest absolute Gasteiger partial charge is 0.208 e. The monoisotopic (exact) mass is 1710 g/mol. The van der Waals surface area contributed by atoms with Crippen molar-refractivity contribution in [2.24, 2.45) is 0 Å². The molecule has 0 N–H and O–H groups in total. The van der Waals surface area contributed by atoms with Crippen LogP contribution in [0.3, 0.4) is 0 Å². The van der Waals surface area contributed by atoms with Gasteiger partial charge in [-0.2, -0.15) is 0 Å². The molecule has 9 heteroatoms. The van der Waals surface area contributed by atoms with Gasteiger partial charge in [-0.15, -0.1) is 0 Å². The van der Waals surface area contributed by atoms with E-state index in [1.54, 1.807) is 0 Å². The molecule has 0 amide bonds. The Morgan fingerprint density at radius 1 is 0.0896 bits per heavy atom. The van der Waals surface area contributed by atoms with Crippen molar-refractivity contribution in [1.29, 1.82) is 0 Å². The van der Waals surface area contributed by atoms with Crippen LogP contribution in [0.25, 0.3) is 254 Å². The van der Waals surface area contributed by atoms with Gasteiger partial charge in [0.15, 0.2) is 52.4 Å². The van der Waals surface area contributed by atoms with Crippen molar-refractivity contribution in [3.63, 3.8) is 0 Å². The van der Waals surface area contributed by atoms with Crippen LogP contribution in [-0.4, -0.2) is 44.9 Å². The number of fused-ring (bicyclic) bond motifs is 14. The Hall–Kier alpha value is -18.1. The lowest BCUT2D eigenvalue weighted by Gasteiger charge is -2.15. The van der Waals surface area contributed by atoms with Crippen LogP contribution in [0.2, 0.25) is 0 Å². The highest BCUT2D eigenvalue weighted by Gasteiger charge is 2.23. The van der Waals surface area contributed by atoms with Gasteiger partial charge in [-0.25, -0.2) is 44.9 Å². The zero-order valence-electron chi connectivity index (χ0n) is 72.6. The normalized spacial score (nSPS) is 11.4. The Bertz CT molecular complexity index is 8780. The van der Waals surface area contributed by atoms with Crippen molar-refractivity contribution in [3.8, 4) is 136 Å². The van der Waals surface area contributed by atoms with E-state index < -0.39 is 0 Å². The molecular formula is C125H79N9. The summed E-state index contributed by atoms with van der Waals surface area (Å²) in [5.41, 5.74) is 15.8. The summed E-state index contributed by atoms with van der Waals surface area (Å²) in [4.78, 5) is 45.4. The third-order valence-electron chi connectivity index (χ3n) is 25.7. The number of benzene rings is 23. The standard InChI is InChI=1S/2C43H27N3.C39H25N3/c1-2-13-29(14-3-1)41-44-42(32-23-22-28-12-4-5-15-30(28)26-32)46-43(45-41)39-25-24-38(35-19-9-10-20-36(35)39)40-27-31-16-6-7-17-33(31)34-18-8-11-21-37(34)40;1-2-13-29(14-3-1)41-44-42(32-25-24-28-12-4-5-15-30(28)26-32)46-43(45-41)39-23-11-20-35-36(39)21-10-22-38(35)40-27-31-16-6-7-17-33(31)34-18-8-9-19-37(34)40;1-2-12-27(13-3-1)37-40-38(42-39(41-37)32-22-21-26-11-4-5-14-28(26)23-32)31-17-10-16-29(24-31)36-25-30-15-6-7-18-33(30)34-19-8-9-20-35(34)36/h2*1-27H;1-25H. The Balaban J connectivity index is 0.000000111. The van der Waals surface area contributed by atoms with Crippen molar-refractivity contribution < 1.29 is 0 Å². The van der Waals surface area contributed by atoms with Crippen LogP contribution in [0.4, 0.5) is 0 Å². The maximum Gasteiger partial charge on any atom is 0.164 e. The van der Waals surface area contributed by atoms with Crippen LogP contribution in [0, 0.1) is 0 Å². The SMILES string of the molecule is c1ccc(-c2nc(-c3ccc4ccccc4c3)nc(-c3ccc(-c4cc5ccccc5c5ccccc45)c4ccccc34)n2)cc1.c1ccc(-c2nc(-c3ccc4ccccc4c3)nc(-c3cccc4c(-c5cc6ccccc6c6ccccc56)cccc34)n2)cc1.c1ccc(-c2nc(-c3cccc(-c4cc5ccccc5c5ccccc45)c3)nc(-c3ccc4ccccc4c3)n2)cc1. The molecule has 3 heterocycles. The summed E-state index contributed by atoms with van der Waals surface area (Å²) in [7, 11) is 0. The Morgan fingerprint density at radius 2 is 0.306 bits per heavy atom. The Morgan fingerprint density at radius 3 is 0.679 bits per heavy atom. The first-order chi connectivity index (χ1) is 66.4. The van der Waals surface area contributed by atoms with Gasteiger partial charge in [-0.05, 0) is 200 Å². The summed E-state index contributed by atoms with van der Waals surface area (Å²) < 4.78 is 0. The number of nitrogens with zero attached hydrogens (tertiary/aromatic N) is 9. The molecule has 0 saturated carbocycles. The van der Waals surface area contributed by atoms with Crippen molar-refractivity contribution in [3.05, 3.63) is 479 Å². The minimum absolute atomic E-state index is 0.652. The summed E-state index contributed by atoms with van der Waals surface area (Å²) in [6, 6.07) is 168. The lowest BCUT2D eigenvalue weighted by Crippen LogP contribution is -2.01. The smallest absolute Gasteiger partial charge is 0.164 e. The number of aromatic nitrogens is 9. The third kappa shape index (κ3) is 15.1. The van der Waals surface area contributed by atoms with Crippen LogP contribution >= 0.6 is 0 Å². The van der Waals surface area contributed by atoms with Crippen molar-refractivity contribution >= 4 is 118 Å². The quantitative estimate of drug-likeness (QED) is 0.110. The predicted octanol–water partition coefficient (Wildman–Crippen LogP) is 32.3. The fourth-order valence-electron chi connectivity index (χ4n) is 19.2. The van der Waals surface area contributed by atoms with E-state index in [9.17, 15) is 0 Å². The van der Waals surface area contributed by atoms with E-state index in [1.165, 1.54) is 109 Å². The van der Waals surface area contributed by atoms with E-state index in [2.05, 4.69) is 413 Å². The molecule has 0 aliphatic rings. The van der Waals surface area contributed by atoms with Crippen molar-refractivity contribution in [1.82, 2.24) is 44.9 Å². The van der Waals surface area contributed by atoms with Gasteiger partial charge in [0.05, 0.1) is 0 Å². The summed E-state index contributed by atoms with van der Waals surface area (Å²) in [5, 5.41) is 26.5. The molecule has 26 rings (SSSR count). The minimum atomic E-state index is 0.652. The first-order valence-electron chi connectivity index (χ1n) is 45.2. The van der Waals surface area contributed by atoms with E-state index in [1.807, 2.05) is 66.7 Å². The molecule has 0 saturated heterocycles. The van der Waals surface area contributed by atoms with Crippen molar-refractivity contribution in [2.75, 3.05) is 0 Å². The molecule has 0 radical (unpaired) electrons. The molecule has 0 fully saturated rings. The molecule has 0 spiro atoms. The number of hydrogen-bond acceptors (Lipinski definition) is 9. The van der Waals surface area contributed by atoms with E-state index in [0.717, 1.165) is 93.3 Å². The molecule has 0 atom stereocenters. The minimum Gasteiger partial charge on any atom is -0.208 e. The molecule has 0 bridgehead atoms. The first kappa shape index (κ1) is 79.4. The maximum atomic E-state index is 5.13. The van der Waals surface area contributed by atoms with E-state index >= 15 is 0 Å². The molecule has 624 valence electrons. The van der Waals surface area contributed by atoms with E-state index in [0.29, 0.717) is 52.4 Å². The Labute approximate surface area is 773 Å². The zero-order valence-corrected chi connectivity index (χ0v) is 72.6. The van der Waals surface area contributed by atoms with Gasteiger partial charge in [-0.3, -0.25) is 0 Å². The van der Waals surface area contributed by atoms with Crippen LogP contribution in [-0.2, 0) is 0 Å². The van der Waals surface area contributed by atoms with E-state index in [4.69, 9.17) is 44.9 Å². The molecule has 3 aromatic heterocycles. The van der Waals surface area contributed by atoms with Gasteiger partial charge in [-0.1, -0.05) is 431 Å². The maximum absolute atomic E-state index is 5.13. The average molecular weight is 1710 g/mol. The number of hydrogen-bond donors (Lipinski definition) is 0. The molecule has 26 aromatic rings. The lowest BCUT2D eigenvalue weighted by molar-refractivity contribution is 1.07. The van der Waals surface area contributed by atoms with Gasteiger partial charge in [0.1, 0.15) is 0 Å². The molecular weight excluding hydrogens is 1630 g/mol. The van der Waals surface area contributed by atoms with Crippen molar-refractivity contribution in [2.45, 2.75) is 0 Å². The van der Waals surface area contributed by atoms with Gasteiger partial charge >= 0.3 is 0 Å². The predicted molar refractivity (Wildman–Crippen MR) is 557 cm³/mol. The number of rotatable bonds is 12. The van der Waals surface area contributed by atoms with Crippen LogP contribution in [0.15, 0.2) is 479 Å². The summed E-state index contributed by atoms with van der Waals surface area (Å²) >= 11 is 0. The summed E-state index contributed by atoms with van der Waals surface area (Å²) in [5.74, 6) is 5.90. The molecule has 0 aliphatic carbocycles. The third-order valence-corrected chi connectivity index (χ3v) is 25.7. The van der Waals surface area contributed by atoms with Gasteiger partial charge < -0.3 is 0 Å². The average Bonchev–Trinajstić information content (AvgIpc) is 0.741. The molecule has 134 heavy (non-hydrogen) atoms. The second-order valence-corrected chi connectivity index (χ2v) is 33.8. The first-order valence-corrected chi connectivity index (χ1v) is 45.2. The molecule has 9 nitrogen and oxygen atoms in total. The summed E-state index contributed by atoms with van der Waals surface area (Å²) in [6.07, 6.45) is 0.